The highest BCUT2D eigenvalue weighted by molar-refractivity contribution is 6.45. The van der Waals surface area contributed by atoms with E-state index in [-0.39, 0.29) is 12.8 Å². The first-order chi connectivity index (χ1) is 13.9. The standard InChI is InChI=1S/C15H15B3F7N5O/c1-5(14(20,21)22)26-10-28-9(29-11(30-10)27-6(2)15(23,24)25)7-3-4-12(16,17)13(18,31)8(7)19/h5-6,31H,3-4H2,1-2H3,(H2,26,27,28,29,30)/t5-,6-,13?/m1/s1. The van der Waals surface area contributed by atoms with E-state index in [1.807, 2.05) is 10.6 Å². The van der Waals surface area contributed by atoms with Crippen molar-refractivity contribution in [2.45, 2.75) is 61.8 Å². The third-order valence-corrected chi connectivity index (χ3v) is 4.68. The number of hydrogen-bond acceptors (Lipinski definition) is 6. The molecule has 1 heterocycles. The average Bonchev–Trinajstić information content (AvgIpc) is 2.58. The summed E-state index contributed by atoms with van der Waals surface area (Å²) < 4.78 is 92.0. The second-order valence-electron chi connectivity index (χ2n) is 7.22. The highest BCUT2D eigenvalue weighted by Crippen LogP contribution is 2.49. The van der Waals surface area contributed by atoms with Crippen LogP contribution in [0, 0.1) is 0 Å². The van der Waals surface area contributed by atoms with E-state index in [4.69, 9.17) is 23.5 Å². The SMILES string of the molecule is [B]C1([B])CCC(c2nc(N[C@H](C)C(F)(F)F)nc(N[C@H](C)C(F)(F)F)n2)=C(F)C1([B])O. The molecule has 0 bridgehead atoms. The second-order valence-corrected chi connectivity index (χ2v) is 7.22. The topological polar surface area (TPSA) is 83.0 Å². The van der Waals surface area contributed by atoms with Crippen molar-refractivity contribution in [1.29, 1.82) is 0 Å². The smallest absolute Gasteiger partial charge is 0.394 e. The fraction of sp³-hybridized carbons (Fsp3) is 0.667. The number of halogens is 7. The molecular formula is C15H15B3F7N5O. The van der Waals surface area contributed by atoms with Crippen LogP contribution >= 0.6 is 0 Å². The molecule has 6 nitrogen and oxygen atoms in total. The summed E-state index contributed by atoms with van der Waals surface area (Å²) in [6.07, 6.45) is -10.1. The fourth-order valence-corrected chi connectivity index (χ4v) is 2.47. The number of nitrogens with one attached hydrogen (secondary N) is 2. The van der Waals surface area contributed by atoms with Gasteiger partial charge in [-0.3, -0.25) is 0 Å². The molecule has 3 N–H and O–H groups in total. The van der Waals surface area contributed by atoms with Crippen LogP contribution in [-0.4, -0.2) is 73.5 Å². The molecule has 31 heavy (non-hydrogen) atoms. The van der Waals surface area contributed by atoms with Gasteiger partial charge in [-0.05, 0) is 20.3 Å². The van der Waals surface area contributed by atoms with Crippen molar-refractivity contribution in [1.82, 2.24) is 15.0 Å². The molecule has 0 spiro atoms. The van der Waals surface area contributed by atoms with Gasteiger partial charge in [0.2, 0.25) is 11.9 Å². The lowest BCUT2D eigenvalue weighted by molar-refractivity contribution is -0.139. The van der Waals surface area contributed by atoms with E-state index < -0.39 is 64.3 Å². The number of aliphatic hydroxyl groups is 1. The van der Waals surface area contributed by atoms with Crippen LogP contribution < -0.4 is 10.6 Å². The van der Waals surface area contributed by atoms with E-state index in [1.165, 1.54) is 0 Å². The van der Waals surface area contributed by atoms with Crippen molar-refractivity contribution >= 4 is 41.0 Å². The Bertz CT molecular complexity index is 820. The van der Waals surface area contributed by atoms with Gasteiger partial charge in [0, 0.05) is 5.57 Å². The van der Waals surface area contributed by atoms with Crippen LogP contribution in [-0.2, 0) is 0 Å². The van der Waals surface area contributed by atoms with E-state index >= 15 is 0 Å². The molecule has 1 aliphatic rings. The zero-order chi connectivity index (χ0) is 24.0. The summed E-state index contributed by atoms with van der Waals surface area (Å²) in [4.78, 5) is 10.8. The normalized spacial score (nSPS) is 23.9. The lowest BCUT2D eigenvalue weighted by Gasteiger charge is -2.45. The minimum Gasteiger partial charge on any atom is -0.394 e. The van der Waals surface area contributed by atoms with Gasteiger partial charge in [-0.2, -0.15) is 41.3 Å². The van der Waals surface area contributed by atoms with E-state index in [2.05, 4.69) is 15.0 Å². The molecule has 16 heteroatoms. The van der Waals surface area contributed by atoms with Gasteiger partial charge in [-0.15, -0.1) is 0 Å². The van der Waals surface area contributed by atoms with Crippen molar-refractivity contribution in [3.05, 3.63) is 11.7 Å². The molecule has 1 aromatic heterocycles. The quantitative estimate of drug-likeness (QED) is 0.476. The van der Waals surface area contributed by atoms with Gasteiger partial charge in [-0.25, -0.2) is 4.39 Å². The van der Waals surface area contributed by atoms with Crippen LogP contribution in [0.4, 0.5) is 42.6 Å². The summed E-state index contributed by atoms with van der Waals surface area (Å²) in [6.45, 7) is 1.43. The van der Waals surface area contributed by atoms with Crippen LogP contribution in [0.2, 0.25) is 5.21 Å². The van der Waals surface area contributed by atoms with Gasteiger partial charge in [0.15, 0.2) is 5.82 Å². The summed E-state index contributed by atoms with van der Waals surface area (Å²) in [5.41, 5.74) is -3.38. The van der Waals surface area contributed by atoms with E-state index in [0.717, 1.165) is 0 Å². The first-order valence-corrected chi connectivity index (χ1v) is 8.77. The van der Waals surface area contributed by atoms with Crippen molar-refractivity contribution in [2.24, 2.45) is 0 Å². The summed E-state index contributed by atoms with van der Waals surface area (Å²) in [5.74, 6) is -3.70. The summed E-state index contributed by atoms with van der Waals surface area (Å²) in [6, 6.07) is -4.40. The van der Waals surface area contributed by atoms with Crippen molar-refractivity contribution in [3.8, 4) is 0 Å². The molecule has 0 amide bonds. The number of hydrogen-bond donors (Lipinski definition) is 3. The minimum atomic E-state index is -4.74. The number of alkyl halides is 6. The average molecular weight is 447 g/mol. The minimum absolute atomic E-state index is 0.294. The van der Waals surface area contributed by atoms with Crippen molar-refractivity contribution in [3.63, 3.8) is 0 Å². The first-order valence-electron chi connectivity index (χ1n) is 8.77. The molecule has 0 saturated heterocycles. The molecule has 0 fully saturated rings. The Morgan fingerprint density at radius 2 is 1.32 bits per heavy atom. The maximum absolute atomic E-state index is 14.8. The van der Waals surface area contributed by atoms with Crippen LogP contribution in [0.25, 0.3) is 5.57 Å². The fourth-order valence-electron chi connectivity index (χ4n) is 2.47. The van der Waals surface area contributed by atoms with Gasteiger partial charge in [0.25, 0.3) is 0 Å². The number of nitrogens with zero attached hydrogens (tertiary/aromatic N) is 3. The Hall–Kier alpha value is -1.99. The van der Waals surface area contributed by atoms with Gasteiger partial charge >= 0.3 is 12.4 Å². The second kappa shape index (κ2) is 8.17. The number of aromatic nitrogens is 3. The molecule has 6 radical (unpaired) electrons. The summed E-state index contributed by atoms with van der Waals surface area (Å²) in [7, 11) is 16.6. The zero-order valence-corrected chi connectivity index (χ0v) is 16.2. The number of rotatable bonds is 5. The third kappa shape index (κ3) is 5.44. The number of anilines is 2. The molecule has 0 saturated carbocycles. The third-order valence-electron chi connectivity index (χ3n) is 4.68. The molecular weight excluding hydrogens is 432 g/mol. The van der Waals surface area contributed by atoms with Crippen LogP contribution in [0.1, 0.15) is 32.5 Å². The van der Waals surface area contributed by atoms with Crippen LogP contribution in [0.3, 0.4) is 0 Å². The Kier molecular flexibility index (Phi) is 6.66. The molecule has 0 aliphatic heterocycles. The van der Waals surface area contributed by atoms with Crippen LogP contribution in [0.15, 0.2) is 5.83 Å². The van der Waals surface area contributed by atoms with Gasteiger partial charge in [-0.1, -0.05) is 11.6 Å². The van der Waals surface area contributed by atoms with E-state index in [0.29, 0.717) is 13.8 Å². The van der Waals surface area contributed by atoms with Crippen molar-refractivity contribution in [2.75, 3.05) is 10.6 Å². The predicted octanol–water partition coefficient (Wildman–Crippen LogP) is 2.38. The monoisotopic (exact) mass is 447 g/mol. The Balaban J connectivity index is 2.56. The van der Waals surface area contributed by atoms with Gasteiger partial charge < -0.3 is 15.7 Å². The summed E-state index contributed by atoms with van der Waals surface area (Å²) in [5, 5.41) is 11.8. The maximum Gasteiger partial charge on any atom is 0.408 e. The molecule has 2 rings (SSSR count). The Labute approximate surface area is 176 Å². The molecule has 3 atom stereocenters. The largest absolute Gasteiger partial charge is 0.408 e. The zero-order valence-electron chi connectivity index (χ0n) is 16.2. The molecule has 1 aromatic rings. The maximum atomic E-state index is 14.8. The Morgan fingerprint density at radius 3 is 1.71 bits per heavy atom. The van der Waals surface area contributed by atoms with E-state index in [9.17, 15) is 35.8 Å². The van der Waals surface area contributed by atoms with Crippen molar-refractivity contribution < 1.29 is 35.8 Å². The molecule has 0 aromatic carbocycles. The lowest BCUT2D eigenvalue weighted by atomic mass is 9.37. The molecule has 164 valence electrons. The van der Waals surface area contributed by atoms with E-state index in [1.54, 1.807) is 0 Å². The summed E-state index contributed by atoms with van der Waals surface area (Å²) >= 11 is 0. The Morgan fingerprint density at radius 1 is 0.903 bits per heavy atom. The first kappa shape index (κ1) is 25.3. The van der Waals surface area contributed by atoms with Gasteiger partial charge in [0.1, 0.15) is 25.8 Å². The highest BCUT2D eigenvalue weighted by atomic mass is 19.4. The molecule has 1 aliphatic carbocycles. The number of allylic oxidation sites excluding steroid dienone is 1. The van der Waals surface area contributed by atoms with Crippen LogP contribution in [0.5, 0.6) is 0 Å². The van der Waals surface area contributed by atoms with Gasteiger partial charge in [0.05, 0.1) is 21.2 Å². The highest BCUT2D eigenvalue weighted by Gasteiger charge is 2.46. The molecule has 1 unspecified atom stereocenters. The predicted molar refractivity (Wildman–Crippen MR) is 100 cm³/mol. The lowest BCUT2D eigenvalue weighted by Crippen LogP contribution is -2.48.